The Morgan fingerprint density at radius 2 is 0.550 bits per heavy atom. The predicted molar refractivity (Wildman–Crippen MR) is 326 cm³/mol. The first-order valence-corrected chi connectivity index (χ1v) is 32.7. The lowest BCUT2D eigenvalue weighted by Gasteiger charge is -2.27. The van der Waals surface area contributed by atoms with Crippen LogP contribution in [0.15, 0.2) is 0 Å². The Labute approximate surface area is 486 Å². The first kappa shape index (κ1) is 76.1. The minimum absolute atomic E-state index is 0.0149. The third kappa shape index (κ3) is 44.7. The molecule has 0 aromatic carbocycles. The zero-order valence-corrected chi connectivity index (χ0v) is 50.9. The van der Waals surface area contributed by atoms with E-state index in [0.29, 0.717) is 110 Å². The van der Waals surface area contributed by atoms with Crippen LogP contribution in [-0.4, -0.2) is 109 Å². The van der Waals surface area contributed by atoms with Gasteiger partial charge in [-0.25, -0.2) is 4.79 Å². The van der Waals surface area contributed by atoms with Crippen molar-refractivity contribution in [3.05, 3.63) is 0 Å². The molecule has 0 fully saturated rings. The monoisotopic (exact) mass is 1130 g/mol. The zero-order chi connectivity index (χ0) is 59.1. The molecule has 18 nitrogen and oxygen atoms in total. The van der Waals surface area contributed by atoms with E-state index >= 15 is 0 Å². The van der Waals surface area contributed by atoms with E-state index in [4.69, 9.17) is 22.9 Å². The van der Waals surface area contributed by atoms with Crippen molar-refractivity contribution < 1.29 is 38.7 Å². The molecule has 15 N–H and O–H groups in total. The van der Waals surface area contributed by atoms with Gasteiger partial charge in [0, 0.05) is 19.4 Å². The highest BCUT2D eigenvalue weighted by molar-refractivity contribution is 5.96. The predicted octanol–water partition coefficient (Wildman–Crippen LogP) is 9.26. The van der Waals surface area contributed by atoms with E-state index in [0.717, 1.165) is 38.5 Å². The van der Waals surface area contributed by atoms with Crippen LogP contribution in [0.2, 0.25) is 0 Å². The summed E-state index contributed by atoms with van der Waals surface area (Å²) in [4.78, 5) is 94.6. The average Bonchev–Trinajstić information content (AvgIpc) is 3.45. The molecule has 18 heteroatoms. The van der Waals surface area contributed by atoms with Crippen molar-refractivity contribution in [1.82, 2.24) is 31.9 Å². The van der Waals surface area contributed by atoms with Crippen molar-refractivity contribution in [2.45, 2.75) is 320 Å². The summed E-state index contributed by atoms with van der Waals surface area (Å²) in [6, 6.07) is -5.45. The van der Waals surface area contributed by atoms with Crippen LogP contribution in [-0.2, 0) is 33.6 Å². The summed E-state index contributed by atoms with van der Waals surface area (Å²) in [6.45, 7) is 6.39. The maximum absolute atomic E-state index is 14.3. The first-order valence-electron chi connectivity index (χ1n) is 32.7. The highest BCUT2D eigenvalue weighted by Crippen LogP contribution is 2.16. The second-order valence-electron chi connectivity index (χ2n) is 22.7. The van der Waals surface area contributed by atoms with Gasteiger partial charge >= 0.3 is 5.97 Å². The second-order valence-corrected chi connectivity index (χ2v) is 22.7. The molecule has 0 aliphatic heterocycles. The van der Waals surface area contributed by atoms with Crippen LogP contribution in [0.4, 0.5) is 0 Å². The third-order valence-electron chi connectivity index (χ3n) is 15.2. The number of carboxylic acid groups (broad SMARTS) is 1. The minimum atomic E-state index is -1.20. The quantitative estimate of drug-likeness (QED) is 0.0254. The van der Waals surface area contributed by atoms with E-state index in [-0.39, 0.29) is 50.3 Å². The van der Waals surface area contributed by atoms with Gasteiger partial charge in [-0.1, -0.05) is 168 Å². The number of carboxylic acids is 1. The number of rotatable bonds is 59. The van der Waals surface area contributed by atoms with Gasteiger partial charge in [-0.05, 0) is 135 Å². The van der Waals surface area contributed by atoms with Gasteiger partial charge < -0.3 is 59.9 Å². The van der Waals surface area contributed by atoms with E-state index in [2.05, 4.69) is 45.7 Å². The van der Waals surface area contributed by atoms with E-state index in [1.807, 2.05) is 0 Å². The molecule has 80 heavy (non-hydrogen) atoms. The highest BCUT2D eigenvalue weighted by atomic mass is 16.4. The lowest BCUT2D eigenvalue weighted by atomic mass is 10.0. The summed E-state index contributed by atoms with van der Waals surface area (Å²) in [7, 11) is 0. The van der Waals surface area contributed by atoms with Crippen LogP contribution >= 0.6 is 0 Å². The van der Waals surface area contributed by atoms with Gasteiger partial charge in [0.2, 0.25) is 35.4 Å². The number of unbranched alkanes of at least 4 members (excludes halogenated alkanes) is 29. The Morgan fingerprint density at radius 1 is 0.300 bits per heavy atom. The number of carbonyl (C=O) groups is 7. The standard InChI is InChI=1S/C62H122N10O8/c1-3-5-7-9-11-13-15-17-19-21-23-25-27-44-56(73)67-50-38-33-42-51(68-57(74)45-28-26-24-22-20-18-16-14-12-10-8-6-4-2)58(75)69-52(39-29-34-46-63)59(76)70-53(40-30-35-47-64)60(77)71-54(41-31-36-48-65)61(78)72-55(62(79)80)43-32-37-49-66/h51-55H,3-50,63-66H2,1-2H3,(H,67,73)(H,68,74)(H,69,75)(H,70,76)(H,71,77)(H,72,78)(H,79,80)/t51-,52-,53-,54-,55-/m0/s1. The summed E-state index contributed by atoms with van der Waals surface area (Å²) >= 11 is 0. The lowest BCUT2D eigenvalue weighted by Crippen LogP contribution is -2.58. The van der Waals surface area contributed by atoms with Gasteiger partial charge in [-0.3, -0.25) is 28.8 Å². The molecule has 0 radical (unpaired) electrons. The van der Waals surface area contributed by atoms with Gasteiger partial charge in [0.15, 0.2) is 0 Å². The Bertz CT molecular complexity index is 1560. The maximum atomic E-state index is 14.3. The number of amides is 6. The van der Waals surface area contributed by atoms with Crippen LogP contribution in [0.1, 0.15) is 290 Å². The molecule has 5 atom stereocenters. The van der Waals surface area contributed by atoms with Crippen molar-refractivity contribution in [3.8, 4) is 0 Å². The number of carbonyl (C=O) groups excluding carboxylic acids is 6. The molecule has 0 aliphatic carbocycles. The summed E-state index contributed by atoms with van der Waals surface area (Å²) in [5, 5.41) is 27.0. The highest BCUT2D eigenvalue weighted by Gasteiger charge is 2.32. The molecule has 468 valence electrons. The maximum Gasteiger partial charge on any atom is 0.326 e. The molecule has 0 heterocycles. The minimum Gasteiger partial charge on any atom is -0.480 e. The van der Waals surface area contributed by atoms with E-state index < -0.39 is 59.8 Å². The van der Waals surface area contributed by atoms with E-state index in [9.17, 15) is 38.7 Å². The summed E-state index contributed by atoms with van der Waals surface area (Å²) < 4.78 is 0. The Balaban J connectivity index is 5.90. The van der Waals surface area contributed by atoms with Gasteiger partial charge in [0.05, 0.1) is 0 Å². The molecule has 0 aromatic rings. The topological polar surface area (TPSA) is 316 Å². The Kier molecular flexibility index (Phi) is 53.0. The molecule has 0 saturated carbocycles. The summed E-state index contributed by atoms with van der Waals surface area (Å²) in [5.41, 5.74) is 23.0. The molecule has 0 bridgehead atoms. The SMILES string of the molecule is CCCCCCCCCCCCCCCC(=O)NCCCC[C@H](NC(=O)CCCCCCCCCCCCCCC)C(=O)N[C@@H](CCCCN)C(=O)N[C@@H](CCCCN)C(=O)N[C@@H](CCCCN)C(=O)N[C@@H](CCCCN)C(=O)O. The second kappa shape index (κ2) is 55.7. The van der Waals surface area contributed by atoms with Gasteiger partial charge in [0.25, 0.3) is 0 Å². The van der Waals surface area contributed by atoms with Crippen LogP contribution < -0.4 is 54.8 Å². The van der Waals surface area contributed by atoms with Crippen LogP contribution in [0.3, 0.4) is 0 Å². The number of hydrogen-bond donors (Lipinski definition) is 11. The normalized spacial score (nSPS) is 13.2. The van der Waals surface area contributed by atoms with E-state index in [1.165, 1.54) is 122 Å². The van der Waals surface area contributed by atoms with Crippen molar-refractivity contribution in [1.29, 1.82) is 0 Å². The molecule has 0 unspecified atom stereocenters. The summed E-state index contributed by atoms with van der Waals surface area (Å²) in [6.07, 6.45) is 38.6. The Morgan fingerprint density at radius 3 is 0.850 bits per heavy atom. The number of hydrogen-bond acceptors (Lipinski definition) is 11. The fourth-order valence-corrected chi connectivity index (χ4v) is 10.1. The van der Waals surface area contributed by atoms with E-state index in [1.54, 1.807) is 0 Å². The molecular formula is C62H122N10O8. The first-order chi connectivity index (χ1) is 38.9. The Hall–Kier alpha value is -3.87. The molecule has 6 amide bonds. The van der Waals surface area contributed by atoms with Crippen molar-refractivity contribution in [2.75, 3.05) is 32.7 Å². The van der Waals surface area contributed by atoms with Gasteiger partial charge in [-0.2, -0.15) is 0 Å². The largest absolute Gasteiger partial charge is 0.480 e. The summed E-state index contributed by atoms with van der Waals surface area (Å²) in [5.74, 6) is -3.86. The van der Waals surface area contributed by atoms with Crippen LogP contribution in [0.25, 0.3) is 0 Å². The molecule has 0 aromatic heterocycles. The zero-order valence-electron chi connectivity index (χ0n) is 50.9. The average molecular weight is 1140 g/mol. The molecule has 0 saturated heterocycles. The lowest BCUT2D eigenvalue weighted by molar-refractivity contribution is -0.142. The number of nitrogens with one attached hydrogen (secondary N) is 6. The number of aliphatic carboxylic acids is 1. The van der Waals surface area contributed by atoms with Crippen LogP contribution in [0.5, 0.6) is 0 Å². The molecule has 0 aliphatic rings. The van der Waals surface area contributed by atoms with Crippen molar-refractivity contribution in [2.24, 2.45) is 22.9 Å². The molecule has 0 spiro atoms. The third-order valence-corrected chi connectivity index (χ3v) is 15.2. The fraction of sp³-hybridized carbons (Fsp3) is 0.887. The van der Waals surface area contributed by atoms with Gasteiger partial charge in [0.1, 0.15) is 30.2 Å². The van der Waals surface area contributed by atoms with Crippen molar-refractivity contribution >= 4 is 41.4 Å². The fourth-order valence-electron chi connectivity index (χ4n) is 10.1. The van der Waals surface area contributed by atoms with Gasteiger partial charge in [-0.15, -0.1) is 0 Å². The molecule has 0 rings (SSSR count). The molecular weight excluding hydrogens is 1010 g/mol. The van der Waals surface area contributed by atoms with Crippen molar-refractivity contribution in [3.63, 3.8) is 0 Å². The smallest absolute Gasteiger partial charge is 0.326 e. The number of nitrogens with two attached hydrogens (primary N) is 4. The van der Waals surface area contributed by atoms with Crippen LogP contribution in [0, 0.1) is 0 Å².